The summed E-state index contributed by atoms with van der Waals surface area (Å²) in [6.07, 6.45) is 0.965. The molecule has 0 spiro atoms. The molecule has 11 rings (SSSR count). The summed E-state index contributed by atoms with van der Waals surface area (Å²) in [5.74, 6) is 0. The third-order valence-electron chi connectivity index (χ3n) is 12.9. The van der Waals surface area contributed by atoms with E-state index in [1.807, 2.05) is 0 Å². The Morgan fingerprint density at radius 2 is 0.695 bits per heavy atom. The molecule has 0 unspecified atom stereocenters. The number of hydrogen-bond acceptors (Lipinski definition) is 0. The van der Waals surface area contributed by atoms with E-state index < -0.39 is 0 Å². The zero-order chi connectivity index (χ0) is 40.2. The van der Waals surface area contributed by atoms with Crippen LogP contribution >= 0.6 is 0 Å². The average molecular weight is 761 g/mol. The van der Waals surface area contributed by atoms with Crippen LogP contribution in [0.5, 0.6) is 0 Å². The highest BCUT2D eigenvalue weighted by Gasteiger charge is 2.22. The SMILES string of the molecule is CC(C)(C)c1ccc(-n2c3ccccc3c3cc(-c4ccc5c(c4)-c4cc(-c6ccc7c(c6)c6ccccc6n7-c6ccc(C(C)(C)C)cc6)ccc4C5)ccc32)cc1. The van der Waals surface area contributed by atoms with E-state index >= 15 is 0 Å². The summed E-state index contributed by atoms with van der Waals surface area (Å²) in [5, 5.41) is 5.11. The van der Waals surface area contributed by atoms with Crippen molar-refractivity contribution in [2.45, 2.75) is 58.8 Å². The molecule has 8 aromatic carbocycles. The Kier molecular flexibility index (Phi) is 7.79. The first-order chi connectivity index (χ1) is 28.5. The number of fused-ring (bicyclic) bond motifs is 9. The van der Waals surface area contributed by atoms with E-state index in [1.165, 1.54) is 111 Å². The van der Waals surface area contributed by atoms with Gasteiger partial charge in [-0.3, -0.25) is 0 Å². The van der Waals surface area contributed by atoms with Crippen LogP contribution in [0.25, 0.3) is 88.4 Å². The number of benzene rings is 8. The Morgan fingerprint density at radius 3 is 1.10 bits per heavy atom. The maximum Gasteiger partial charge on any atom is 0.0541 e. The fraction of sp³-hybridized carbons (Fsp3) is 0.158. The first-order valence-electron chi connectivity index (χ1n) is 21.0. The molecule has 59 heavy (non-hydrogen) atoms. The summed E-state index contributed by atoms with van der Waals surface area (Å²) in [6, 6.07) is 64.1. The summed E-state index contributed by atoms with van der Waals surface area (Å²) in [5.41, 5.74) is 20.7. The lowest BCUT2D eigenvalue weighted by Gasteiger charge is -2.19. The predicted octanol–water partition coefficient (Wildman–Crippen LogP) is 15.4. The summed E-state index contributed by atoms with van der Waals surface area (Å²) in [6.45, 7) is 13.6. The Labute approximate surface area is 347 Å². The molecular formula is C57H48N2. The van der Waals surface area contributed by atoms with Crippen molar-refractivity contribution < 1.29 is 0 Å². The van der Waals surface area contributed by atoms with E-state index in [9.17, 15) is 0 Å². The number of nitrogens with zero attached hydrogens (tertiary/aromatic N) is 2. The van der Waals surface area contributed by atoms with Crippen LogP contribution in [-0.2, 0) is 17.3 Å². The predicted molar refractivity (Wildman–Crippen MR) is 252 cm³/mol. The molecule has 0 N–H and O–H groups in total. The molecule has 2 nitrogen and oxygen atoms in total. The van der Waals surface area contributed by atoms with Gasteiger partial charge in [-0.25, -0.2) is 0 Å². The van der Waals surface area contributed by atoms with Crippen LogP contribution in [0.2, 0.25) is 0 Å². The third-order valence-corrected chi connectivity index (χ3v) is 12.9. The molecular weight excluding hydrogens is 713 g/mol. The van der Waals surface area contributed by atoms with Crippen molar-refractivity contribution in [3.8, 4) is 44.8 Å². The van der Waals surface area contributed by atoms with Gasteiger partial charge in [0.25, 0.3) is 0 Å². The van der Waals surface area contributed by atoms with Crippen molar-refractivity contribution in [3.63, 3.8) is 0 Å². The summed E-state index contributed by atoms with van der Waals surface area (Å²) in [4.78, 5) is 0. The van der Waals surface area contributed by atoms with Gasteiger partial charge in [-0.15, -0.1) is 0 Å². The quantitative estimate of drug-likeness (QED) is 0.169. The molecule has 0 saturated heterocycles. The topological polar surface area (TPSA) is 9.86 Å². The minimum atomic E-state index is 0.114. The highest BCUT2D eigenvalue weighted by atomic mass is 15.0. The van der Waals surface area contributed by atoms with Crippen LogP contribution in [0.1, 0.15) is 63.8 Å². The molecule has 0 saturated carbocycles. The van der Waals surface area contributed by atoms with Crippen LogP contribution in [0, 0.1) is 0 Å². The molecule has 0 atom stereocenters. The van der Waals surface area contributed by atoms with Gasteiger partial charge in [-0.1, -0.05) is 139 Å². The summed E-state index contributed by atoms with van der Waals surface area (Å²) in [7, 11) is 0. The van der Waals surface area contributed by atoms with Gasteiger partial charge >= 0.3 is 0 Å². The molecule has 286 valence electrons. The van der Waals surface area contributed by atoms with Gasteiger partial charge in [0.2, 0.25) is 0 Å². The molecule has 0 bridgehead atoms. The Balaban J connectivity index is 0.971. The van der Waals surface area contributed by atoms with Gasteiger partial charge in [0.05, 0.1) is 22.1 Å². The normalized spacial score (nSPS) is 12.8. The molecule has 2 heteroatoms. The van der Waals surface area contributed by atoms with E-state index in [0.717, 1.165) is 6.42 Å². The highest BCUT2D eigenvalue weighted by molar-refractivity contribution is 6.11. The van der Waals surface area contributed by atoms with Gasteiger partial charge in [-0.2, -0.15) is 0 Å². The highest BCUT2D eigenvalue weighted by Crippen LogP contribution is 2.43. The van der Waals surface area contributed by atoms with Crippen molar-refractivity contribution in [2.24, 2.45) is 0 Å². The second-order valence-electron chi connectivity index (χ2n) is 18.7. The Hall–Kier alpha value is -6.64. The molecule has 10 aromatic rings. The van der Waals surface area contributed by atoms with Gasteiger partial charge in [-0.05, 0) is 146 Å². The smallest absolute Gasteiger partial charge is 0.0541 e. The van der Waals surface area contributed by atoms with Crippen LogP contribution in [0.15, 0.2) is 170 Å². The van der Waals surface area contributed by atoms with Crippen molar-refractivity contribution >= 4 is 43.6 Å². The van der Waals surface area contributed by atoms with Crippen LogP contribution in [0.4, 0.5) is 0 Å². The van der Waals surface area contributed by atoms with E-state index in [4.69, 9.17) is 0 Å². The average Bonchev–Trinajstić information content (AvgIpc) is 3.89. The number of hydrogen-bond donors (Lipinski definition) is 0. The Bertz CT molecular complexity index is 3060. The largest absolute Gasteiger partial charge is 0.309 e. The second kappa shape index (κ2) is 12.9. The number of rotatable bonds is 4. The molecule has 0 radical (unpaired) electrons. The minimum Gasteiger partial charge on any atom is -0.309 e. The van der Waals surface area contributed by atoms with E-state index in [1.54, 1.807) is 0 Å². The lowest BCUT2D eigenvalue weighted by Crippen LogP contribution is -2.10. The summed E-state index contributed by atoms with van der Waals surface area (Å²) >= 11 is 0. The van der Waals surface area contributed by atoms with Crippen molar-refractivity contribution in [2.75, 3.05) is 0 Å². The molecule has 0 amide bonds. The maximum absolute atomic E-state index is 2.43. The summed E-state index contributed by atoms with van der Waals surface area (Å²) < 4.78 is 4.83. The van der Waals surface area contributed by atoms with Crippen LogP contribution in [0.3, 0.4) is 0 Å². The first kappa shape index (κ1) is 35.5. The Morgan fingerprint density at radius 1 is 0.339 bits per heavy atom. The third kappa shape index (κ3) is 5.76. The molecule has 1 aliphatic rings. The van der Waals surface area contributed by atoms with Crippen molar-refractivity contribution in [1.29, 1.82) is 0 Å². The second-order valence-corrected chi connectivity index (χ2v) is 18.7. The van der Waals surface area contributed by atoms with E-state index in [0.29, 0.717) is 0 Å². The molecule has 2 aromatic heterocycles. The monoisotopic (exact) mass is 760 g/mol. The molecule has 0 fully saturated rings. The van der Waals surface area contributed by atoms with Crippen LogP contribution in [-0.4, -0.2) is 9.13 Å². The molecule has 2 heterocycles. The maximum atomic E-state index is 2.43. The van der Waals surface area contributed by atoms with Crippen LogP contribution < -0.4 is 0 Å². The standard InChI is InChI=1S/C57H48N2/c1-56(2,3)42-21-25-44(26-22-42)58-52-13-9-7-11-46(52)50-34-38(19-29-54(50)58)36-15-17-40-31-41-18-16-37(33-49(41)48(40)32-36)39-20-30-55-51(35-39)47-12-8-10-14-53(47)59(55)45-27-23-43(24-28-45)57(4,5)6/h7-30,32-35H,31H2,1-6H3. The van der Waals surface area contributed by atoms with E-state index in [2.05, 4.69) is 221 Å². The lowest BCUT2D eigenvalue weighted by atomic mass is 9.87. The zero-order valence-corrected chi connectivity index (χ0v) is 34.8. The fourth-order valence-electron chi connectivity index (χ4n) is 9.61. The first-order valence-corrected chi connectivity index (χ1v) is 21.0. The van der Waals surface area contributed by atoms with Crippen molar-refractivity contribution in [3.05, 3.63) is 192 Å². The van der Waals surface area contributed by atoms with Crippen molar-refractivity contribution in [1.82, 2.24) is 9.13 Å². The lowest BCUT2D eigenvalue weighted by molar-refractivity contribution is 0.590. The van der Waals surface area contributed by atoms with Gasteiger partial charge in [0, 0.05) is 32.9 Å². The van der Waals surface area contributed by atoms with Gasteiger partial charge < -0.3 is 9.13 Å². The van der Waals surface area contributed by atoms with Gasteiger partial charge in [0.1, 0.15) is 0 Å². The molecule has 0 aliphatic heterocycles. The van der Waals surface area contributed by atoms with E-state index in [-0.39, 0.29) is 10.8 Å². The molecule has 1 aliphatic carbocycles. The number of aromatic nitrogens is 2. The fourth-order valence-corrected chi connectivity index (χ4v) is 9.61. The zero-order valence-electron chi connectivity index (χ0n) is 34.8. The minimum absolute atomic E-state index is 0.114. The number of para-hydroxylation sites is 2. The van der Waals surface area contributed by atoms with Gasteiger partial charge in [0.15, 0.2) is 0 Å².